The van der Waals surface area contributed by atoms with Gasteiger partial charge in [-0.15, -0.1) is 0 Å². The van der Waals surface area contributed by atoms with Crippen molar-refractivity contribution in [1.82, 2.24) is 0 Å². The minimum atomic E-state index is -0.549. The summed E-state index contributed by atoms with van der Waals surface area (Å²) in [5.74, 6) is 0.362. The van der Waals surface area contributed by atoms with Gasteiger partial charge in [-0.2, -0.15) is 0 Å². The van der Waals surface area contributed by atoms with Crippen molar-refractivity contribution in [2.45, 2.75) is 138 Å². The first-order valence-electron chi connectivity index (χ1n) is 26.1. The minimum absolute atomic E-state index is 0.0250. The first-order chi connectivity index (χ1) is 36.2. The number of benzene rings is 4. The van der Waals surface area contributed by atoms with Crippen molar-refractivity contribution in [2.24, 2.45) is 0 Å². The van der Waals surface area contributed by atoms with Crippen molar-refractivity contribution in [3.8, 4) is 23.0 Å². The molecule has 0 saturated heterocycles. The van der Waals surface area contributed by atoms with Gasteiger partial charge in [0.2, 0.25) is 0 Å². The zero-order chi connectivity index (χ0) is 55.9. The lowest BCUT2D eigenvalue weighted by Gasteiger charge is -2.17. The normalized spacial score (nSPS) is 11.0. The van der Waals surface area contributed by atoms with Crippen LogP contribution in [-0.4, -0.2) is 67.7 Å². The van der Waals surface area contributed by atoms with Crippen molar-refractivity contribution >= 4 is 47.8 Å². The lowest BCUT2D eigenvalue weighted by atomic mass is 10.1. The van der Waals surface area contributed by atoms with Gasteiger partial charge < -0.3 is 33.2 Å². The first-order valence-corrected chi connectivity index (χ1v) is 26.1. The van der Waals surface area contributed by atoms with Crippen LogP contribution in [0.4, 0.5) is 0 Å². The molecule has 0 aromatic heterocycles. The third-order valence-electron chi connectivity index (χ3n) is 11.1. The average molecular weight is 1040 g/mol. The topological polar surface area (TPSA) is 167 Å². The molecule has 0 N–H and O–H groups in total. The van der Waals surface area contributed by atoms with E-state index in [1.807, 2.05) is 46.8 Å². The zero-order valence-electron chi connectivity index (χ0n) is 45.9. The molecule has 4 aromatic rings. The molecule has 13 heteroatoms. The molecule has 0 unspecified atom stereocenters. The summed E-state index contributed by atoms with van der Waals surface area (Å²) in [6, 6.07) is 24.5. The van der Waals surface area contributed by atoms with Gasteiger partial charge in [-0.05, 0) is 188 Å². The van der Waals surface area contributed by atoms with Gasteiger partial charge in [0, 0.05) is 17.2 Å². The maximum absolute atomic E-state index is 12.6. The highest BCUT2D eigenvalue weighted by atomic mass is 16.6. The molecular formula is C63H78O13. The van der Waals surface area contributed by atoms with Crippen LogP contribution in [0.15, 0.2) is 121 Å². The second-order valence-corrected chi connectivity index (χ2v) is 19.5. The molecule has 0 fully saturated rings. The van der Waals surface area contributed by atoms with Crippen LogP contribution in [0.1, 0.15) is 162 Å². The van der Waals surface area contributed by atoms with Gasteiger partial charge in [0.05, 0.1) is 37.6 Å². The molecule has 0 atom stereocenters. The number of ketones is 1. The summed E-state index contributed by atoms with van der Waals surface area (Å²) >= 11 is 0. The molecule has 4 aromatic carbocycles. The van der Waals surface area contributed by atoms with Crippen molar-refractivity contribution in [3.63, 3.8) is 0 Å². The van der Waals surface area contributed by atoms with Crippen molar-refractivity contribution < 1.29 is 61.9 Å². The van der Waals surface area contributed by atoms with Crippen LogP contribution >= 0.6 is 0 Å². The molecule has 0 aliphatic carbocycles. The minimum Gasteiger partial charge on any atom is -0.494 e. The first kappa shape index (κ1) is 62.8. The molecule has 0 radical (unpaired) electrons. The predicted octanol–water partition coefficient (Wildman–Crippen LogP) is 14.1. The van der Waals surface area contributed by atoms with Crippen LogP contribution in [0.5, 0.6) is 23.0 Å². The number of carbonyl (C=O) groups is 6. The summed E-state index contributed by atoms with van der Waals surface area (Å²) in [7, 11) is 0. The number of carbonyl (C=O) groups excluding carboxylic acids is 6. The second-order valence-electron chi connectivity index (χ2n) is 19.5. The smallest absolute Gasteiger partial charge is 0.343 e. The van der Waals surface area contributed by atoms with E-state index in [-0.39, 0.29) is 17.7 Å². The maximum atomic E-state index is 12.6. The Labute approximate surface area is 450 Å². The van der Waals surface area contributed by atoms with E-state index in [2.05, 4.69) is 13.2 Å². The highest BCUT2D eigenvalue weighted by molar-refractivity contribution is 5.93. The quantitative estimate of drug-likeness (QED) is 0.0159. The molecule has 13 nitrogen and oxygen atoms in total. The van der Waals surface area contributed by atoms with Gasteiger partial charge >= 0.3 is 29.8 Å². The van der Waals surface area contributed by atoms with Crippen LogP contribution in [0.2, 0.25) is 0 Å². The standard InChI is InChI=1S/C33H42O7.C30H36O6/c1-24(2)31(35)38-22-12-10-8-7-9-11-21-37-28-17-15-27(16-18-28)32(36)39-29-19-13-26(23-25(29)3)14-20-30(34)40-33(4,5)6;1-22(2)29(32)35-20-10-8-6-5-7-9-19-34-27-16-14-26(15-17-27)30(33)36-28-18-13-25(21-23(28)3)12-11-24(4)31/h13-20,23H,1,7-12,21-22H2,2-6H3;11-18,21H,1,5-10,19-20H2,2-4H3/b20-14+;12-11+. The second kappa shape index (κ2) is 34.1. The predicted molar refractivity (Wildman–Crippen MR) is 298 cm³/mol. The van der Waals surface area contributed by atoms with E-state index in [1.165, 1.54) is 19.1 Å². The number of ether oxygens (including phenoxy) is 7. The molecular weight excluding hydrogens is 965 g/mol. The average Bonchev–Trinajstić information content (AvgIpc) is 3.37. The number of rotatable bonds is 30. The van der Waals surface area contributed by atoms with Crippen molar-refractivity contribution in [1.29, 1.82) is 0 Å². The van der Waals surface area contributed by atoms with Gasteiger partial charge in [-0.3, -0.25) is 4.79 Å². The van der Waals surface area contributed by atoms with E-state index in [0.29, 0.717) is 71.7 Å². The summed E-state index contributed by atoms with van der Waals surface area (Å²) in [4.78, 5) is 70.7. The van der Waals surface area contributed by atoms with E-state index in [0.717, 1.165) is 99.3 Å². The van der Waals surface area contributed by atoms with Crippen LogP contribution in [0.25, 0.3) is 12.2 Å². The fourth-order valence-corrected chi connectivity index (χ4v) is 6.97. The van der Waals surface area contributed by atoms with E-state index >= 15 is 0 Å². The molecule has 0 aliphatic rings. The fourth-order valence-electron chi connectivity index (χ4n) is 6.97. The highest BCUT2D eigenvalue weighted by Crippen LogP contribution is 2.24. The Hall–Kier alpha value is -7.54. The summed E-state index contributed by atoms with van der Waals surface area (Å²) in [5, 5.41) is 0. The third kappa shape index (κ3) is 26.6. The van der Waals surface area contributed by atoms with Gasteiger partial charge in [-0.1, -0.05) is 82.7 Å². The Morgan fingerprint density at radius 2 is 0.829 bits per heavy atom. The van der Waals surface area contributed by atoms with Crippen LogP contribution in [-0.2, 0) is 33.4 Å². The lowest BCUT2D eigenvalue weighted by molar-refractivity contribution is -0.148. The van der Waals surface area contributed by atoms with Crippen LogP contribution in [0, 0.1) is 13.8 Å². The number of esters is 5. The Kier molecular flexibility index (Phi) is 28.2. The monoisotopic (exact) mass is 1040 g/mol. The molecule has 0 aliphatic heterocycles. The highest BCUT2D eigenvalue weighted by Gasteiger charge is 2.15. The van der Waals surface area contributed by atoms with E-state index in [9.17, 15) is 28.8 Å². The van der Waals surface area contributed by atoms with E-state index < -0.39 is 23.5 Å². The third-order valence-corrected chi connectivity index (χ3v) is 11.1. The van der Waals surface area contributed by atoms with Crippen LogP contribution < -0.4 is 18.9 Å². The number of unbranched alkanes of at least 4 members (excludes halogenated alkanes) is 10. The summed E-state index contributed by atoms with van der Waals surface area (Å²) in [6.45, 7) is 23.2. The summed E-state index contributed by atoms with van der Waals surface area (Å²) in [6.07, 6.45) is 18.5. The Morgan fingerprint density at radius 1 is 0.474 bits per heavy atom. The van der Waals surface area contributed by atoms with Crippen molar-refractivity contribution in [3.05, 3.63) is 155 Å². The maximum Gasteiger partial charge on any atom is 0.343 e. The number of hydrogen-bond acceptors (Lipinski definition) is 13. The zero-order valence-corrected chi connectivity index (χ0v) is 45.9. The van der Waals surface area contributed by atoms with Crippen LogP contribution in [0.3, 0.4) is 0 Å². The molecule has 408 valence electrons. The lowest BCUT2D eigenvalue weighted by Crippen LogP contribution is -2.22. The Morgan fingerprint density at radius 3 is 1.17 bits per heavy atom. The van der Waals surface area contributed by atoms with Crippen molar-refractivity contribution in [2.75, 3.05) is 26.4 Å². The van der Waals surface area contributed by atoms with Gasteiger partial charge in [0.25, 0.3) is 0 Å². The molecule has 0 spiro atoms. The van der Waals surface area contributed by atoms with E-state index in [4.69, 9.17) is 33.2 Å². The Bertz CT molecular complexity index is 2600. The summed E-state index contributed by atoms with van der Waals surface area (Å²) < 4.78 is 38.1. The molecule has 0 saturated carbocycles. The number of aryl methyl sites for hydroxylation is 2. The largest absolute Gasteiger partial charge is 0.494 e. The molecule has 0 bridgehead atoms. The van der Waals surface area contributed by atoms with Gasteiger partial charge in [0.15, 0.2) is 5.78 Å². The molecule has 0 heterocycles. The number of allylic oxidation sites excluding steroid dienone is 1. The Balaban J connectivity index is 0.000000402. The number of hydrogen-bond donors (Lipinski definition) is 0. The van der Waals surface area contributed by atoms with Gasteiger partial charge in [0.1, 0.15) is 28.6 Å². The molecule has 76 heavy (non-hydrogen) atoms. The molecule has 4 rings (SSSR count). The van der Waals surface area contributed by atoms with E-state index in [1.54, 1.807) is 98.8 Å². The SMILES string of the molecule is C=C(C)C(=O)OCCCCCCCCOc1ccc(C(=O)Oc2ccc(/C=C/C(=O)OC(C)(C)C)cc2C)cc1.C=C(C)C(=O)OCCCCCCCCOc1ccc(C(=O)Oc2ccc(/C=C/C(C)=O)cc2C)cc1. The molecule has 0 amide bonds. The summed E-state index contributed by atoms with van der Waals surface area (Å²) in [5.41, 5.74) is 4.42. The van der Waals surface area contributed by atoms with Gasteiger partial charge in [-0.25, -0.2) is 24.0 Å². The fraction of sp³-hybridized carbons (Fsp3) is 0.397.